The molecule has 6 heteroatoms. The van der Waals surface area contributed by atoms with Crippen LogP contribution in [0.25, 0.3) is 0 Å². The quantitative estimate of drug-likeness (QED) is 0.670. The number of amides is 2. The van der Waals surface area contributed by atoms with Gasteiger partial charge in [0.2, 0.25) is 11.8 Å². The smallest absolute Gasteiger partial charge is 0.225 e. The average molecular weight is 437 g/mol. The third kappa shape index (κ3) is 5.27. The molecular formula is C25H44N2O4. The number of aliphatic hydroxyl groups excluding tert-OH is 1. The van der Waals surface area contributed by atoms with Crippen LogP contribution in [0.15, 0.2) is 0 Å². The molecule has 1 saturated heterocycles. The number of piperidine rings is 1. The number of likely N-dealkylation sites (tertiary alicyclic amines) is 1. The summed E-state index contributed by atoms with van der Waals surface area (Å²) in [5, 5.41) is 14.7. The molecular weight excluding hydrogens is 392 g/mol. The lowest BCUT2D eigenvalue weighted by molar-refractivity contribution is -0.152. The fourth-order valence-corrected chi connectivity index (χ4v) is 6.67. The van der Waals surface area contributed by atoms with Gasteiger partial charge in [-0.05, 0) is 67.6 Å². The Morgan fingerprint density at radius 1 is 1.16 bits per heavy atom. The molecule has 6 nitrogen and oxygen atoms in total. The highest BCUT2D eigenvalue weighted by Gasteiger charge is 2.54. The van der Waals surface area contributed by atoms with Crippen LogP contribution >= 0.6 is 0 Å². The van der Waals surface area contributed by atoms with Crippen LogP contribution in [0.1, 0.15) is 72.6 Å². The number of hydrogen-bond donors (Lipinski definition) is 2. The summed E-state index contributed by atoms with van der Waals surface area (Å²) in [7, 11) is 1.60. The van der Waals surface area contributed by atoms with E-state index in [9.17, 15) is 14.7 Å². The molecule has 3 fully saturated rings. The SMILES string of the molecule is COCCC(=O)N[C@H]1CC[C@]2(C)CC[C@H]([C@H](C)C(=O)N3CCC(C)CC3)[C@H](O)[C@H]2[C@@H]1C. The molecule has 0 unspecified atom stereocenters. The molecule has 3 rings (SSSR count). The Hall–Kier alpha value is -1.14. The molecule has 3 aliphatic rings. The van der Waals surface area contributed by atoms with Crippen LogP contribution in [0.3, 0.4) is 0 Å². The second kappa shape index (κ2) is 10.2. The highest BCUT2D eigenvalue weighted by atomic mass is 16.5. The topological polar surface area (TPSA) is 78.9 Å². The number of nitrogens with zero attached hydrogens (tertiary/aromatic N) is 1. The summed E-state index contributed by atoms with van der Waals surface area (Å²) in [6.07, 6.45) is 5.92. The molecule has 2 saturated carbocycles. The van der Waals surface area contributed by atoms with Crippen LogP contribution in [0.5, 0.6) is 0 Å². The summed E-state index contributed by atoms with van der Waals surface area (Å²) in [4.78, 5) is 27.5. The molecule has 7 atom stereocenters. The minimum atomic E-state index is -0.505. The molecule has 0 spiro atoms. The zero-order valence-electron chi connectivity index (χ0n) is 20.2. The Morgan fingerprint density at radius 2 is 1.81 bits per heavy atom. The fraction of sp³-hybridized carbons (Fsp3) is 0.920. The molecule has 1 heterocycles. The van der Waals surface area contributed by atoms with E-state index in [1.807, 2.05) is 11.8 Å². The van der Waals surface area contributed by atoms with E-state index in [0.717, 1.165) is 51.6 Å². The van der Waals surface area contributed by atoms with Gasteiger partial charge in [-0.1, -0.05) is 27.7 Å². The number of methoxy groups -OCH3 is 1. The third-order valence-corrected chi connectivity index (χ3v) is 8.89. The van der Waals surface area contributed by atoms with Gasteiger partial charge in [0.15, 0.2) is 0 Å². The maximum atomic E-state index is 13.2. The Labute approximate surface area is 188 Å². The van der Waals surface area contributed by atoms with Crippen molar-refractivity contribution in [3.8, 4) is 0 Å². The van der Waals surface area contributed by atoms with Crippen LogP contribution in [-0.2, 0) is 14.3 Å². The first-order valence-electron chi connectivity index (χ1n) is 12.4. The summed E-state index contributed by atoms with van der Waals surface area (Å²) >= 11 is 0. The van der Waals surface area contributed by atoms with Crippen molar-refractivity contribution in [2.75, 3.05) is 26.8 Å². The van der Waals surface area contributed by atoms with E-state index in [0.29, 0.717) is 18.9 Å². The minimum absolute atomic E-state index is 0.00434. The number of nitrogens with one attached hydrogen (secondary N) is 1. The molecule has 0 aromatic heterocycles. The average Bonchev–Trinajstić information content (AvgIpc) is 2.74. The van der Waals surface area contributed by atoms with E-state index in [1.165, 1.54) is 0 Å². The van der Waals surface area contributed by atoms with E-state index in [1.54, 1.807) is 7.11 Å². The molecule has 2 aliphatic carbocycles. The number of carbonyl (C=O) groups is 2. The van der Waals surface area contributed by atoms with Crippen LogP contribution in [0.2, 0.25) is 0 Å². The number of hydrogen-bond acceptors (Lipinski definition) is 4. The standard InChI is InChI=1S/C25H44N2O4/c1-16-8-13-27(14-9-16)24(30)17(2)19-6-11-25(4)12-7-20(18(3)22(25)23(19)29)26-21(28)10-15-31-5/h16-20,22-23,29H,6-15H2,1-5H3,(H,26,28)/t17-,18+,19+,20-,22+,23-,25-/m0/s1. The van der Waals surface area contributed by atoms with Gasteiger partial charge in [-0.15, -0.1) is 0 Å². The molecule has 1 aliphatic heterocycles. The fourth-order valence-electron chi connectivity index (χ4n) is 6.67. The van der Waals surface area contributed by atoms with Crippen molar-refractivity contribution >= 4 is 11.8 Å². The molecule has 31 heavy (non-hydrogen) atoms. The summed E-state index contributed by atoms with van der Waals surface area (Å²) < 4.78 is 5.03. The first kappa shape index (κ1) is 24.5. The number of carbonyl (C=O) groups excluding carboxylic acids is 2. The summed E-state index contributed by atoms with van der Waals surface area (Å²) in [5.41, 5.74) is 0.0758. The summed E-state index contributed by atoms with van der Waals surface area (Å²) in [5.74, 6) is 1.05. The predicted octanol–water partition coefficient (Wildman–Crippen LogP) is 3.23. The van der Waals surface area contributed by atoms with Gasteiger partial charge >= 0.3 is 0 Å². The Balaban J connectivity index is 1.67. The predicted molar refractivity (Wildman–Crippen MR) is 121 cm³/mol. The van der Waals surface area contributed by atoms with Crippen LogP contribution in [-0.4, -0.2) is 60.8 Å². The molecule has 0 radical (unpaired) electrons. The minimum Gasteiger partial charge on any atom is -0.392 e. The lowest BCUT2D eigenvalue weighted by Crippen LogP contribution is -2.58. The highest BCUT2D eigenvalue weighted by Crippen LogP contribution is 2.55. The molecule has 2 N–H and O–H groups in total. The van der Waals surface area contributed by atoms with Crippen molar-refractivity contribution in [1.29, 1.82) is 0 Å². The van der Waals surface area contributed by atoms with E-state index in [4.69, 9.17) is 4.74 Å². The van der Waals surface area contributed by atoms with Gasteiger partial charge in [-0.2, -0.15) is 0 Å². The van der Waals surface area contributed by atoms with Gasteiger partial charge in [-0.3, -0.25) is 9.59 Å². The van der Waals surface area contributed by atoms with E-state index >= 15 is 0 Å². The first-order valence-corrected chi connectivity index (χ1v) is 12.4. The van der Waals surface area contributed by atoms with Gasteiger partial charge in [0, 0.05) is 38.6 Å². The Kier molecular flexibility index (Phi) is 8.06. The summed E-state index contributed by atoms with van der Waals surface area (Å²) in [6.45, 7) is 10.9. The number of aliphatic hydroxyl groups is 1. The van der Waals surface area contributed by atoms with E-state index in [-0.39, 0.29) is 46.9 Å². The molecule has 2 amide bonds. The number of rotatable bonds is 6. The van der Waals surface area contributed by atoms with E-state index in [2.05, 4.69) is 26.1 Å². The van der Waals surface area contributed by atoms with Crippen LogP contribution in [0, 0.1) is 35.0 Å². The number of ether oxygens (including phenoxy) is 1. The molecule has 178 valence electrons. The van der Waals surface area contributed by atoms with Gasteiger partial charge in [0.1, 0.15) is 0 Å². The van der Waals surface area contributed by atoms with Crippen LogP contribution in [0.4, 0.5) is 0 Å². The van der Waals surface area contributed by atoms with Crippen molar-refractivity contribution in [2.45, 2.75) is 84.8 Å². The molecule has 0 aromatic rings. The maximum absolute atomic E-state index is 13.2. The van der Waals surface area contributed by atoms with Gasteiger partial charge in [-0.25, -0.2) is 0 Å². The van der Waals surface area contributed by atoms with Gasteiger partial charge < -0.3 is 20.1 Å². The monoisotopic (exact) mass is 436 g/mol. The first-order chi connectivity index (χ1) is 14.7. The Morgan fingerprint density at radius 3 is 2.45 bits per heavy atom. The second-order valence-corrected chi connectivity index (χ2v) is 11.0. The lowest BCUT2D eigenvalue weighted by atomic mass is 9.51. The molecule has 0 bridgehead atoms. The molecule has 0 aromatic carbocycles. The van der Waals surface area contributed by atoms with Crippen molar-refractivity contribution in [2.24, 2.45) is 35.0 Å². The third-order valence-electron chi connectivity index (χ3n) is 8.89. The number of fused-ring (bicyclic) bond motifs is 1. The Bertz CT molecular complexity index is 633. The lowest BCUT2D eigenvalue weighted by Gasteiger charge is -2.56. The zero-order valence-corrected chi connectivity index (χ0v) is 20.2. The van der Waals surface area contributed by atoms with Crippen molar-refractivity contribution < 1.29 is 19.4 Å². The summed E-state index contributed by atoms with van der Waals surface area (Å²) in [6, 6.07) is 0.0745. The van der Waals surface area contributed by atoms with E-state index < -0.39 is 6.10 Å². The van der Waals surface area contributed by atoms with Crippen LogP contribution < -0.4 is 5.32 Å². The second-order valence-electron chi connectivity index (χ2n) is 11.0. The van der Waals surface area contributed by atoms with Crippen molar-refractivity contribution in [3.63, 3.8) is 0 Å². The largest absolute Gasteiger partial charge is 0.392 e. The van der Waals surface area contributed by atoms with Crippen molar-refractivity contribution in [3.05, 3.63) is 0 Å². The normalized spacial score (nSPS) is 37.7. The van der Waals surface area contributed by atoms with Gasteiger partial charge in [0.05, 0.1) is 12.7 Å². The highest BCUT2D eigenvalue weighted by molar-refractivity contribution is 5.79. The zero-order chi connectivity index (χ0) is 22.8. The maximum Gasteiger partial charge on any atom is 0.225 e. The van der Waals surface area contributed by atoms with Gasteiger partial charge in [0.25, 0.3) is 0 Å². The van der Waals surface area contributed by atoms with Crippen molar-refractivity contribution in [1.82, 2.24) is 10.2 Å².